The molecule has 2 aliphatic rings. The molecule has 2 saturated carbocycles. The molecule has 86 valence electrons. The maximum absolute atomic E-state index is 10.2. The van der Waals surface area contributed by atoms with Crippen LogP contribution in [0.3, 0.4) is 0 Å². The molecule has 0 heterocycles. The molecular formula is C14H18O2. The number of hydrogen-bond acceptors (Lipinski definition) is 2. The molecule has 3 atom stereocenters. The van der Waals surface area contributed by atoms with Crippen LogP contribution in [0.1, 0.15) is 31.2 Å². The topological polar surface area (TPSA) is 29.5 Å². The maximum atomic E-state index is 10.2. The second kappa shape index (κ2) is 3.49. The average molecular weight is 218 g/mol. The average Bonchev–Trinajstić information content (AvgIpc) is 3.06. The normalized spacial score (nSPS) is 36.6. The van der Waals surface area contributed by atoms with Gasteiger partial charge >= 0.3 is 0 Å². The molecule has 16 heavy (non-hydrogen) atoms. The highest BCUT2D eigenvalue weighted by molar-refractivity contribution is 5.39. The maximum Gasteiger partial charge on any atom is 0.118 e. The minimum absolute atomic E-state index is 0.0878. The molecular weight excluding hydrogens is 200 g/mol. The van der Waals surface area contributed by atoms with E-state index in [0.717, 1.165) is 12.2 Å². The van der Waals surface area contributed by atoms with Crippen LogP contribution in [0, 0.1) is 5.92 Å². The van der Waals surface area contributed by atoms with Crippen molar-refractivity contribution in [3.63, 3.8) is 0 Å². The lowest BCUT2D eigenvalue weighted by molar-refractivity contribution is 0.0945. The first-order valence-corrected chi connectivity index (χ1v) is 6.10. The van der Waals surface area contributed by atoms with Gasteiger partial charge in [-0.15, -0.1) is 0 Å². The van der Waals surface area contributed by atoms with Crippen LogP contribution in [0.5, 0.6) is 5.75 Å². The molecule has 1 aromatic rings. The molecule has 1 N–H and O–H groups in total. The molecule has 2 aliphatic carbocycles. The van der Waals surface area contributed by atoms with Crippen molar-refractivity contribution >= 4 is 0 Å². The van der Waals surface area contributed by atoms with E-state index in [9.17, 15) is 5.11 Å². The first kappa shape index (κ1) is 10.2. The Hall–Kier alpha value is -1.02. The van der Waals surface area contributed by atoms with Crippen molar-refractivity contribution < 1.29 is 9.84 Å². The summed E-state index contributed by atoms with van der Waals surface area (Å²) >= 11 is 0. The molecule has 2 nitrogen and oxygen atoms in total. The van der Waals surface area contributed by atoms with Gasteiger partial charge in [0.05, 0.1) is 13.2 Å². The van der Waals surface area contributed by atoms with Crippen molar-refractivity contribution in [2.45, 2.75) is 37.2 Å². The van der Waals surface area contributed by atoms with Gasteiger partial charge in [-0.05, 0) is 42.9 Å². The Bertz CT molecular complexity index is 384. The molecule has 2 fully saturated rings. The smallest absolute Gasteiger partial charge is 0.118 e. The van der Waals surface area contributed by atoms with E-state index in [2.05, 4.69) is 12.1 Å². The Kier molecular flexibility index (Phi) is 2.21. The summed E-state index contributed by atoms with van der Waals surface area (Å²) in [4.78, 5) is 0. The monoisotopic (exact) mass is 218 g/mol. The molecule has 2 heteroatoms. The van der Waals surface area contributed by atoms with E-state index in [0.29, 0.717) is 5.92 Å². The Morgan fingerprint density at radius 3 is 2.62 bits per heavy atom. The lowest BCUT2D eigenvalue weighted by Crippen LogP contribution is -2.31. The second-order valence-corrected chi connectivity index (χ2v) is 5.12. The fraction of sp³-hybridized carbons (Fsp3) is 0.571. The van der Waals surface area contributed by atoms with E-state index < -0.39 is 0 Å². The Morgan fingerprint density at radius 2 is 2.00 bits per heavy atom. The van der Waals surface area contributed by atoms with E-state index in [1.807, 2.05) is 12.1 Å². The van der Waals surface area contributed by atoms with Gasteiger partial charge in [-0.25, -0.2) is 0 Å². The zero-order chi connectivity index (χ0) is 11.2. The van der Waals surface area contributed by atoms with Gasteiger partial charge in [-0.2, -0.15) is 0 Å². The first-order valence-electron chi connectivity index (χ1n) is 6.10. The summed E-state index contributed by atoms with van der Waals surface area (Å²) in [6.07, 6.45) is 4.45. The number of ether oxygens (including phenoxy) is 1. The number of rotatable bonds is 2. The van der Waals surface area contributed by atoms with E-state index in [1.165, 1.54) is 24.8 Å². The van der Waals surface area contributed by atoms with Crippen LogP contribution in [-0.2, 0) is 5.41 Å². The predicted molar refractivity (Wildman–Crippen MR) is 62.6 cm³/mol. The standard InChI is InChI=1S/C14H18O2/c1-16-12-7-5-10(6-8-12)14-9-11(14)3-2-4-13(14)15/h5-8,11,13,15H,2-4,9H2,1H3. The van der Waals surface area contributed by atoms with Crippen LogP contribution in [0.2, 0.25) is 0 Å². The van der Waals surface area contributed by atoms with Crippen LogP contribution in [0.4, 0.5) is 0 Å². The Morgan fingerprint density at radius 1 is 1.25 bits per heavy atom. The van der Waals surface area contributed by atoms with E-state index in [4.69, 9.17) is 4.74 Å². The van der Waals surface area contributed by atoms with Crippen LogP contribution >= 0.6 is 0 Å². The van der Waals surface area contributed by atoms with E-state index >= 15 is 0 Å². The van der Waals surface area contributed by atoms with Crippen LogP contribution in [0.25, 0.3) is 0 Å². The molecule has 1 aromatic carbocycles. The summed E-state index contributed by atoms with van der Waals surface area (Å²) in [6.45, 7) is 0. The van der Waals surface area contributed by atoms with Gasteiger partial charge in [0.1, 0.15) is 5.75 Å². The molecule has 0 radical (unpaired) electrons. The predicted octanol–water partition coefficient (Wildman–Crippen LogP) is 2.50. The van der Waals surface area contributed by atoms with Crippen molar-refractivity contribution in [3.05, 3.63) is 29.8 Å². The van der Waals surface area contributed by atoms with Crippen molar-refractivity contribution in [2.75, 3.05) is 7.11 Å². The number of fused-ring (bicyclic) bond motifs is 1. The van der Waals surface area contributed by atoms with E-state index in [1.54, 1.807) is 7.11 Å². The molecule has 0 bridgehead atoms. The molecule has 3 unspecified atom stereocenters. The van der Waals surface area contributed by atoms with Crippen molar-refractivity contribution in [1.29, 1.82) is 0 Å². The first-order chi connectivity index (χ1) is 7.77. The quantitative estimate of drug-likeness (QED) is 0.826. The van der Waals surface area contributed by atoms with Crippen molar-refractivity contribution in [1.82, 2.24) is 0 Å². The number of hydrogen-bond donors (Lipinski definition) is 1. The third-order valence-corrected chi connectivity index (χ3v) is 4.40. The minimum Gasteiger partial charge on any atom is -0.497 e. The zero-order valence-electron chi connectivity index (χ0n) is 9.65. The highest BCUT2D eigenvalue weighted by Gasteiger charge is 2.60. The molecule has 0 aromatic heterocycles. The van der Waals surface area contributed by atoms with E-state index in [-0.39, 0.29) is 11.5 Å². The second-order valence-electron chi connectivity index (χ2n) is 5.12. The largest absolute Gasteiger partial charge is 0.497 e. The molecule has 0 aliphatic heterocycles. The zero-order valence-corrected chi connectivity index (χ0v) is 9.65. The fourth-order valence-electron chi connectivity index (χ4n) is 3.38. The third kappa shape index (κ3) is 1.29. The van der Waals surface area contributed by atoms with Gasteiger partial charge < -0.3 is 9.84 Å². The van der Waals surface area contributed by atoms with Crippen LogP contribution in [-0.4, -0.2) is 18.3 Å². The number of aliphatic hydroxyl groups is 1. The highest BCUT2D eigenvalue weighted by atomic mass is 16.5. The minimum atomic E-state index is -0.139. The molecule has 0 spiro atoms. The molecule has 0 amide bonds. The van der Waals surface area contributed by atoms with Gasteiger partial charge in [0.15, 0.2) is 0 Å². The lowest BCUT2D eigenvalue weighted by atomic mass is 9.80. The number of benzene rings is 1. The van der Waals surface area contributed by atoms with Crippen LogP contribution in [0.15, 0.2) is 24.3 Å². The lowest BCUT2D eigenvalue weighted by Gasteiger charge is -2.28. The summed E-state index contributed by atoms with van der Waals surface area (Å²) in [6, 6.07) is 8.24. The van der Waals surface area contributed by atoms with Gasteiger partial charge in [0.2, 0.25) is 0 Å². The summed E-state index contributed by atoms with van der Waals surface area (Å²) in [7, 11) is 1.68. The molecule has 0 saturated heterocycles. The fourth-order valence-corrected chi connectivity index (χ4v) is 3.38. The van der Waals surface area contributed by atoms with Crippen molar-refractivity contribution in [2.24, 2.45) is 5.92 Å². The summed E-state index contributed by atoms with van der Waals surface area (Å²) in [5, 5.41) is 10.2. The van der Waals surface area contributed by atoms with Gasteiger partial charge in [0.25, 0.3) is 0 Å². The molecule has 3 rings (SSSR count). The van der Waals surface area contributed by atoms with Crippen LogP contribution < -0.4 is 4.74 Å². The van der Waals surface area contributed by atoms with Gasteiger partial charge in [0, 0.05) is 5.41 Å². The summed E-state index contributed by atoms with van der Waals surface area (Å²) in [5.74, 6) is 1.60. The number of methoxy groups -OCH3 is 1. The van der Waals surface area contributed by atoms with Crippen molar-refractivity contribution in [3.8, 4) is 5.75 Å². The highest BCUT2D eigenvalue weighted by Crippen LogP contribution is 2.62. The summed E-state index contributed by atoms with van der Waals surface area (Å²) < 4.78 is 5.17. The Labute approximate surface area is 96.2 Å². The summed E-state index contributed by atoms with van der Waals surface area (Å²) in [5.41, 5.74) is 1.38. The number of aliphatic hydroxyl groups excluding tert-OH is 1. The van der Waals surface area contributed by atoms with Gasteiger partial charge in [-0.3, -0.25) is 0 Å². The third-order valence-electron chi connectivity index (χ3n) is 4.40. The Balaban J connectivity index is 1.91. The SMILES string of the molecule is COc1ccc(C23CC2CCCC3O)cc1. The van der Waals surface area contributed by atoms with Gasteiger partial charge in [-0.1, -0.05) is 18.6 Å².